The second-order valence-corrected chi connectivity index (χ2v) is 3.47. The Hall–Kier alpha value is -1.69. The Morgan fingerprint density at radius 3 is 3.06 bits per heavy atom. The second kappa shape index (κ2) is 5.41. The smallest absolute Gasteiger partial charge is 0.265 e. The van der Waals surface area contributed by atoms with E-state index in [-0.39, 0.29) is 0 Å². The molecule has 2 heterocycles. The molecular weight excluding hydrogens is 206 g/mol. The van der Waals surface area contributed by atoms with Gasteiger partial charge < -0.3 is 9.73 Å². The average Bonchev–Trinajstić information content (AvgIpc) is 2.94. The summed E-state index contributed by atoms with van der Waals surface area (Å²) in [5, 5.41) is 17.8. The maximum atomic E-state index is 5.47. The van der Waals surface area contributed by atoms with E-state index < -0.39 is 0 Å². The molecule has 2 rings (SSSR count). The first-order valence-corrected chi connectivity index (χ1v) is 5.43. The second-order valence-electron chi connectivity index (χ2n) is 3.47. The van der Waals surface area contributed by atoms with E-state index in [1.165, 1.54) is 0 Å². The van der Waals surface area contributed by atoms with Crippen LogP contribution in [0.2, 0.25) is 0 Å². The summed E-state index contributed by atoms with van der Waals surface area (Å²) in [6.45, 7) is 4.01. The van der Waals surface area contributed by atoms with Crippen LogP contribution in [-0.2, 0) is 6.42 Å². The van der Waals surface area contributed by atoms with Gasteiger partial charge in [-0.1, -0.05) is 6.92 Å². The SMILES string of the molecule is CCCNCCc1nnc(-c2ccn[nH]2)o1. The highest BCUT2D eigenvalue weighted by molar-refractivity contribution is 5.44. The van der Waals surface area contributed by atoms with Gasteiger partial charge in [-0.25, -0.2) is 0 Å². The number of aromatic nitrogens is 4. The van der Waals surface area contributed by atoms with E-state index in [1.807, 2.05) is 0 Å². The molecular formula is C10H15N5O. The van der Waals surface area contributed by atoms with E-state index in [9.17, 15) is 0 Å². The molecule has 0 spiro atoms. The Bertz CT molecular complexity index is 409. The molecule has 86 valence electrons. The van der Waals surface area contributed by atoms with Crippen molar-refractivity contribution >= 4 is 0 Å². The van der Waals surface area contributed by atoms with Crippen molar-refractivity contribution in [2.75, 3.05) is 13.1 Å². The molecule has 0 aliphatic heterocycles. The normalized spacial score (nSPS) is 10.8. The molecule has 0 fully saturated rings. The van der Waals surface area contributed by atoms with Crippen molar-refractivity contribution in [2.45, 2.75) is 19.8 Å². The largest absolute Gasteiger partial charge is 0.419 e. The molecule has 0 unspecified atom stereocenters. The van der Waals surface area contributed by atoms with Crippen molar-refractivity contribution in [1.29, 1.82) is 0 Å². The minimum absolute atomic E-state index is 0.489. The third-order valence-electron chi connectivity index (χ3n) is 2.14. The Morgan fingerprint density at radius 2 is 2.31 bits per heavy atom. The van der Waals surface area contributed by atoms with Crippen molar-refractivity contribution in [3.05, 3.63) is 18.2 Å². The van der Waals surface area contributed by atoms with Crippen LogP contribution < -0.4 is 5.32 Å². The van der Waals surface area contributed by atoms with Crippen LogP contribution in [0.5, 0.6) is 0 Å². The van der Waals surface area contributed by atoms with Gasteiger partial charge in [0.25, 0.3) is 5.89 Å². The van der Waals surface area contributed by atoms with Crippen LogP contribution in [0, 0.1) is 0 Å². The standard InChI is InChI=1S/C10H15N5O/c1-2-5-11-6-4-9-14-15-10(16-9)8-3-7-12-13-8/h3,7,11H,2,4-6H2,1H3,(H,12,13). The third-order valence-corrected chi connectivity index (χ3v) is 2.14. The molecule has 0 saturated heterocycles. The summed E-state index contributed by atoms with van der Waals surface area (Å²) in [6.07, 6.45) is 3.53. The van der Waals surface area contributed by atoms with Crippen LogP contribution in [-0.4, -0.2) is 33.5 Å². The lowest BCUT2D eigenvalue weighted by atomic mass is 10.4. The van der Waals surface area contributed by atoms with E-state index in [0.717, 1.165) is 31.6 Å². The number of H-pyrrole nitrogens is 1. The fraction of sp³-hybridized carbons (Fsp3) is 0.500. The number of hydrogen-bond donors (Lipinski definition) is 2. The van der Waals surface area contributed by atoms with Crippen LogP contribution >= 0.6 is 0 Å². The zero-order chi connectivity index (χ0) is 11.2. The van der Waals surface area contributed by atoms with Gasteiger partial charge in [0.05, 0.1) is 0 Å². The summed E-state index contributed by atoms with van der Waals surface area (Å²) in [6, 6.07) is 1.80. The summed E-state index contributed by atoms with van der Waals surface area (Å²) in [5.74, 6) is 1.14. The van der Waals surface area contributed by atoms with Crippen LogP contribution in [0.15, 0.2) is 16.7 Å². The fourth-order valence-corrected chi connectivity index (χ4v) is 1.34. The molecule has 0 aliphatic carbocycles. The zero-order valence-electron chi connectivity index (χ0n) is 9.23. The van der Waals surface area contributed by atoms with Gasteiger partial charge in [-0.2, -0.15) is 5.10 Å². The summed E-state index contributed by atoms with van der Waals surface area (Å²) < 4.78 is 5.47. The van der Waals surface area contributed by atoms with E-state index in [1.54, 1.807) is 12.3 Å². The van der Waals surface area contributed by atoms with Crippen molar-refractivity contribution in [3.8, 4) is 11.6 Å². The number of nitrogens with one attached hydrogen (secondary N) is 2. The predicted octanol–water partition coefficient (Wildman–Crippen LogP) is 1.00. The summed E-state index contributed by atoms with van der Waals surface area (Å²) in [5.41, 5.74) is 0.750. The molecule has 0 saturated carbocycles. The van der Waals surface area contributed by atoms with Gasteiger partial charge in [0, 0.05) is 19.2 Å². The average molecular weight is 221 g/mol. The number of aromatic amines is 1. The highest BCUT2D eigenvalue weighted by atomic mass is 16.4. The summed E-state index contributed by atoms with van der Waals surface area (Å²) in [7, 11) is 0. The van der Waals surface area contributed by atoms with Crippen LogP contribution in [0.4, 0.5) is 0 Å². The van der Waals surface area contributed by atoms with Crippen molar-refractivity contribution in [2.24, 2.45) is 0 Å². The third kappa shape index (κ3) is 2.66. The molecule has 0 atom stereocenters. The molecule has 6 nitrogen and oxygen atoms in total. The van der Waals surface area contributed by atoms with Crippen molar-refractivity contribution < 1.29 is 4.42 Å². The molecule has 2 aromatic heterocycles. The minimum atomic E-state index is 0.489. The number of rotatable bonds is 6. The van der Waals surface area contributed by atoms with Gasteiger partial charge in [-0.05, 0) is 19.0 Å². The molecule has 0 radical (unpaired) electrons. The molecule has 2 N–H and O–H groups in total. The molecule has 2 aromatic rings. The highest BCUT2D eigenvalue weighted by Crippen LogP contribution is 2.13. The highest BCUT2D eigenvalue weighted by Gasteiger charge is 2.08. The monoisotopic (exact) mass is 221 g/mol. The number of hydrogen-bond acceptors (Lipinski definition) is 5. The first-order valence-electron chi connectivity index (χ1n) is 5.43. The quantitative estimate of drug-likeness (QED) is 0.711. The van der Waals surface area contributed by atoms with Gasteiger partial charge >= 0.3 is 0 Å². The summed E-state index contributed by atoms with van der Waals surface area (Å²) in [4.78, 5) is 0. The molecule has 0 amide bonds. The maximum absolute atomic E-state index is 5.47. The molecule has 6 heteroatoms. The fourth-order valence-electron chi connectivity index (χ4n) is 1.34. The van der Waals surface area contributed by atoms with Crippen molar-refractivity contribution in [3.63, 3.8) is 0 Å². The molecule has 0 aromatic carbocycles. The van der Waals surface area contributed by atoms with Crippen molar-refractivity contribution in [1.82, 2.24) is 25.7 Å². The van der Waals surface area contributed by atoms with Crippen LogP contribution in [0.3, 0.4) is 0 Å². The lowest BCUT2D eigenvalue weighted by Gasteiger charge is -1.98. The van der Waals surface area contributed by atoms with Crippen LogP contribution in [0.1, 0.15) is 19.2 Å². The van der Waals surface area contributed by atoms with Crippen LogP contribution in [0.25, 0.3) is 11.6 Å². The Kier molecular flexibility index (Phi) is 3.66. The summed E-state index contributed by atoms with van der Waals surface area (Å²) >= 11 is 0. The van der Waals surface area contributed by atoms with E-state index in [0.29, 0.717) is 11.8 Å². The minimum Gasteiger partial charge on any atom is -0.419 e. The first-order chi connectivity index (χ1) is 7.90. The van der Waals surface area contributed by atoms with Gasteiger partial charge in [0.1, 0.15) is 5.69 Å². The van der Waals surface area contributed by atoms with E-state index in [4.69, 9.17) is 4.42 Å². The van der Waals surface area contributed by atoms with Gasteiger partial charge in [0.15, 0.2) is 0 Å². The van der Waals surface area contributed by atoms with Gasteiger partial charge in [0.2, 0.25) is 5.89 Å². The predicted molar refractivity (Wildman–Crippen MR) is 58.7 cm³/mol. The Morgan fingerprint density at radius 1 is 1.38 bits per heavy atom. The van der Waals surface area contributed by atoms with E-state index in [2.05, 4.69) is 32.6 Å². The first kappa shape index (κ1) is 10.8. The Balaban J connectivity index is 1.88. The zero-order valence-corrected chi connectivity index (χ0v) is 9.23. The lowest BCUT2D eigenvalue weighted by Crippen LogP contribution is -2.17. The molecule has 0 aliphatic rings. The molecule has 0 bridgehead atoms. The lowest BCUT2D eigenvalue weighted by molar-refractivity contribution is 0.493. The Labute approximate surface area is 93.5 Å². The molecule has 16 heavy (non-hydrogen) atoms. The van der Waals surface area contributed by atoms with Gasteiger partial charge in [-0.3, -0.25) is 5.10 Å². The topological polar surface area (TPSA) is 79.6 Å². The maximum Gasteiger partial charge on any atom is 0.265 e. The van der Waals surface area contributed by atoms with Gasteiger partial charge in [-0.15, -0.1) is 10.2 Å². The number of nitrogens with zero attached hydrogens (tertiary/aromatic N) is 3. The van der Waals surface area contributed by atoms with E-state index >= 15 is 0 Å².